The largest absolute Gasteiger partial charge is 0.481 e. The minimum atomic E-state index is -0.565. The van der Waals surface area contributed by atoms with Gasteiger partial charge in [-0.05, 0) is 109 Å². The van der Waals surface area contributed by atoms with Gasteiger partial charge in [0, 0.05) is 0 Å². The van der Waals surface area contributed by atoms with Gasteiger partial charge in [-0.1, -0.05) is 60.1 Å². The lowest BCUT2D eigenvalue weighted by Crippen LogP contribution is -2.65. The van der Waals surface area contributed by atoms with Crippen LogP contribution in [0.25, 0.3) is 0 Å². The van der Waals surface area contributed by atoms with Crippen LogP contribution in [-0.2, 0) is 4.79 Å². The van der Waals surface area contributed by atoms with Crippen LogP contribution in [-0.4, -0.2) is 22.3 Å². The van der Waals surface area contributed by atoms with Crippen molar-refractivity contribution in [2.24, 2.45) is 56.7 Å². The summed E-state index contributed by atoms with van der Waals surface area (Å²) in [6, 6.07) is 0. The lowest BCUT2D eigenvalue weighted by molar-refractivity contribution is -0.202. The number of hydrogen-bond donors (Lipinski definition) is 2. The number of aliphatic hydroxyl groups excluding tert-OH is 1. The summed E-state index contributed by atoms with van der Waals surface area (Å²) in [4.78, 5) is 12.8. The molecule has 0 aromatic rings. The van der Waals surface area contributed by atoms with Crippen LogP contribution in [0, 0.1) is 56.7 Å². The average molecular weight is 457 g/mol. The van der Waals surface area contributed by atoms with Gasteiger partial charge in [-0.25, -0.2) is 0 Å². The Morgan fingerprint density at radius 3 is 2.30 bits per heavy atom. The number of hydrogen-bond acceptors (Lipinski definition) is 2. The second kappa shape index (κ2) is 7.11. The maximum Gasteiger partial charge on any atom is 0.310 e. The number of carbonyl (C=O) groups is 1. The van der Waals surface area contributed by atoms with Crippen LogP contribution in [0.4, 0.5) is 0 Å². The Morgan fingerprint density at radius 2 is 1.64 bits per heavy atom. The van der Waals surface area contributed by atoms with Gasteiger partial charge in [0.15, 0.2) is 0 Å². The van der Waals surface area contributed by atoms with Crippen LogP contribution in [0.2, 0.25) is 0 Å². The first-order valence-electron chi connectivity index (χ1n) is 13.8. The van der Waals surface area contributed by atoms with E-state index in [4.69, 9.17) is 0 Å². The normalized spacial score (nSPS) is 55.3. The zero-order valence-electron chi connectivity index (χ0n) is 22.2. The lowest BCUT2D eigenvalue weighted by Gasteiger charge is -2.71. The van der Waals surface area contributed by atoms with Crippen LogP contribution in [0.1, 0.15) is 106 Å². The number of aliphatic carboxylic acids is 1. The maximum absolute atomic E-state index is 12.8. The standard InChI is InChI=1S/C30H48O3/c1-18-10-13-30(25(32)33)15-14-28(6)21(24(30)19(18)2)8-9-23-27(5)17-20(31)16-26(3,4)22(27)11-12-29(23,28)7/h8,18-20,22-24,31H,9-17H2,1-7H3,(H,32,33)/t18-,19+,20-,22?,23?,24?,27-,28+,29+,30-/m0/s1. The minimum Gasteiger partial charge on any atom is -0.481 e. The highest BCUT2D eigenvalue weighted by Crippen LogP contribution is 2.75. The molecule has 33 heavy (non-hydrogen) atoms. The quantitative estimate of drug-likeness (QED) is 0.414. The van der Waals surface area contributed by atoms with Gasteiger partial charge in [0.05, 0.1) is 11.5 Å². The fourth-order valence-corrected chi connectivity index (χ4v) is 11.1. The Hall–Kier alpha value is -0.830. The molecule has 5 aliphatic rings. The smallest absolute Gasteiger partial charge is 0.310 e. The molecule has 0 aliphatic heterocycles. The van der Waals surface area contributed by atoms with E-state index in [1.165, 1.54) is 18.4 Å². The Labute approximate surface area is 201 Å². The Bertz CT molecular complexity index is 874. The first-order chi connectivity index (χ1) is 15.2. The van der Waals surface area contributed by atoms with Crippen LogP contribution in [0.3, 0.4) is 0 Å². The zero-order valence-corrected chi connectivity index (χ0v) is 22.2. The number of fused-ring (bicyclic) bond motifs is 7. The molecule has 0 spiro atoms. The molecule has 0 saturated heterocycles. The van der Waals surface area contributed by atoms with Gasteiger partial charge >= 0.3 is 5.97 Å². The summed E-state index contributed by atoms with van der Waals surface area (Å²) >= 11 is 0. The number of allylic oxidation sites excluding steroid dienone is 2. The van der Waals surface area contributed by atoms with Gasteiger partial charge in [-0.2, -0.15) is 0 Å². The van der Waals surface area contributed by atoms with Crippen molar-refractivity contribution in [3.63, 3.8) is 0 Å². The molecule has 2 N–H and O–H groups in total. The van der Waals surface area contributed by atoms with Crippen molar-refractivity contribution in [2.45, 2.75) is 112 Å². The van der Waals surface area contributed by atoms with Crippen LogP contribution in [0.15, 0.2) is 11.6 Å². The van der Waals surface area contributed by atoms with Crippen LogP contribution >= 0.6 is 0 Å². The number of carboxylic acids is 1. The molecule has 0 aromatic heterocycles. The first-order valence-corrected chi connectivity index (χ1v) is 13.8. The van der Waals surface area contributed by atoms with Crippen LogP contribution in [0.5, 0.6) is 0 Å². The van der Waals surface area contributed by atoms with Gasteiger partial charge in [-0.15, -0.1) is 0 Å². The third kappa shape index (κ3) is 2.87. The van der Waals surface area contributed by atoms with Gasteiger partial charge in [0.25, 0.3) is 0 Å². The molecule has 5 rings (SSSR count). The summed E-state index contributed by atoms with van der Waals surface area (Å²) in [5, 5.41) is 21.5. The van der Waals surface area contributed by atoms with E-state index in [0.29, 0.717) is 23.7 Å². The molecule has 3 unspecified atom stereocenters. The summed E-state index contributed by atoms with van der Waals surface area (Å²) in [5.74, 6) is 1.84. The maximum atomic E-state index is 12.8. The average Bonchev–Trinajstić information content (AvgIpc) is 2.69. The SMILES string of the molecule is C[C@H]1CC[C@]2(C(=O)O)CC[C@]3(C)C(=CCC4[C@@]5(C)C[C@@H](O)CC(C)(C)C5CC[C@]43C)C2[C@@H]1C. The summed E-state index contributed by atoms with van der Waals surface area (Å²) in [6.45, 7) is 17.0. The summed E-state index contributed by atoms with van der Waals surface area (Å²) in [7, 11) is 0. The topological polar surface area (TPSA) is 57.5 Å². The van der Waals surface area contributed by atoms with Crippen LogP contribution < -0.4 is 0 Å². The van der Waals surface area contributed by atoms with Crippen molar-refractivity contribution in [1.29, 1.82) is 0 Å². The van der Waals surface area contributed by atoms with Crippen molar-refractivity contribution >= 4 is 5.97 Å². The Kier molecular flexibility index (Phi) is 5.15. The number of aliphatic hydroxyl groups is 1. The van der Waals surface area contributed by atoms with E-state index in [-0.39, 0.29) is 33.7 Å². The fraction of sp³-hybridized carbons (Fsp3) is 0.900. The highest BCUT2D eigenvalue weighted by atomic mass is 16.4. The van der Waals surface area contributed by atoms with E-state index in [0.717, 1.165) is 44.9 Å². The van der Waals surface area contributed by atoms with Crippen molar-refractivity contribution in [1.82, 2.24) is 0 Å². The molecule has 0 bridgehead atoms. The predicted octanol–water partition coefficient (Wildman–Crippen LogP) is 7.09. The summed E-state index contributed by atoms with van der Waals surface area (Å²) in [5.41, 5.74) is 1.49. The molecule has 3 heteroatoms. The molecule has 0 radical (unpaired) electrons. The van der Waals surface area contributed by atoms with Crippen molar-refractivity contribution in [3.05, 3.63) is 11.6 Å². The number of carboxylic acid groups (broad SMARTS) is 1. The molecule has 4 fully saturated rings. The van der Waals surface area contributed by atoms with Crippen molar-refractivity contribution < 1.29 is 15.0 Å². The minimum absolute atomic E-state index is 0.0609. The summed E-state index contributed by atoms with van der Waals surface area (Å²) in [6.07, 6.45) is 11.4. The fourth-order valence-electron chi connectivity index (χ4n) is 11.1. The molecule has 0 aromatic carbocycles. The number of rotatable bonds is 1. The van der Waals surface area contributed by atoms with E-state index in [9.17, 15) is 15.0 Å². The Balaban J connectivity index is 1.62. The van der Waals surface area contributed by atoms with Gasteiger partial charge < -0.3 is 10.2 Å². The van der Waals surface area contributed by atoms with Gasteiger partial charge in [0.1, 0.15) is 0 Å². The molecule has 5 aliphatic carbocycles. The first kappa shape index (κ1) is 23.9. The van der Waals surface area contributed by atoms with Crippen molar-refractivity contribution in [2.75, 3.05) is 0 Å². The molecular weight excluding hydrogens is 408 g/mol. The molecule has 4 saturated carbocycles. The van der Waals surface area contributed by atoms with E-state index < -0.39 is 11.4 Å². The summed E-state index contributed by atoms with van der Waals surface area (Å²) < 4.78 is 0. The van der Waals surface area contributed by atoms with Crippen molar-refractivity contribution in [3.8, 4) is 0 Å². The predicted molar refractivity (Wildman–Crippen MR) is 133 cm³/mol. The second-order valence-electron chi connectivity index (χ2n) is 14.7. The van der Waals surface area contributed by atoms with E-state index >= 15 is 0 Å². The molecule has 0 heterocycles. The Morgan fingerprint density at radius 1 is 0.939 bits per heavy atom. The molecule has 10 atom stereocenters. The second-order valence-corrected chi connectivity index (χ2v) is 14.7. The third-order valence-electron chi connectivity index (χ3n) is 13.1. The van der Waals surface area contributed by atoms with Gasteiger partial charge in [-0.3, -0.25) is 4.79 Å². The highest BCUT2D eigenvalue weighted by molar-refractivity contribution is 5.76. The monoisotopic (exact) mass is 456 g/mol. The molecule has 3 nitrogen and oxygen atoms in total. The molecular formula is C30H48O3. The van der Waals surface area contributed by atoms with E-state index in [2.05, 4.69) is 54.5 Å². The van der Waals surface area contributed by atoms with Gasteiger partial charge in [0.2, 0.25) is 0 Å². The van der Waals surface area contributed by atoms with E-state index in [1.807, 2.05) is 0 Å². The molecule has 0 amide bonds. The third-order valence-corrected chi connectivity index (χ3v) is 13.1. The lowest BCUT2D eigenvalue weighted by atomic mass is 9.33. The molecule has 186 valence electrons. The van der Waals surface area contributed by atoms with E-state index in [1.54, 1.807) is 0 Å². The highest BCUT2D eigenvalue weighted by Gasteiger charge is 2.69. The zero-order chi connectivity index (χ0) is 24.2.